The van der Waals surface area contributed by atoms with Crippen LogP contribution in [0.25, 0.3) is 17.0 Å². The van der Waals surface area contributed by atoms with Crippen molar-refractivity contribution in [2.75, 3.05) is 20.2 Å². The van der Waals surface area contributed by atoms with E-state index in [4.69, 9.17) is 4.74 Å². The van der Waals surface area contributed by atoms with Crippen LogP contribution in [-0.4, -0.2) is 41.5 Å². The number of nitrogens with zero attached hydrogens (tertiary/aromatic N) is 2. The second-order valence-corrected chi connectivity index (χ2v) is 7.92. The largest absolute Gasteiger partial charge is 0.497 e. The second-order valence-electron chi connectivity index (χ2n) is 7.92. The molecule has 0 aliphatic rings. The number of methoxy groups -OCH3 is 1. The van der Waals surface area contributed by atoms with Gasteiger partial charge in [-0.05, 0) is 56.2 Å². The number of benzene rings is 2. The van der Waals surface area contributed by atoms with Crippen LogP contribution in [0.2, 0.25) is 0 Å². The minimum Gasteiger partial charge on any atom is -0.497 e. The molecule has 0 spiro atoms. The summed E-state index contributed by atoms with van der Waals surface area (Å²) in [6, 6.07) is 14.9. The number of nitrogens with one attached hydrogen (secondary N) is 1. The zero-order valence-electron chi connectivity index (χ0n) is 19.9. The van der Waals surface area contributed by atoms with Gasteiger partial charge < -0.3 is 19.5 Å². The van der Waals surface area contributed by atoms with E-state index in [1.807, 2.05) is 38.2 Å². The summed E-state index contributed by atoms with van der Waals surface area (Å²) >= 11 is 0. The van der Waals surface area contributed by atoms with Gasteiger partial charge in [0.15, 0.2) is 0 Å². The molecule has 3 rings (SSSR count). The third-order valence-electron chi connectivity index (χ3n) is 5.57. The summed E-state index contributed by atoms with van der Waals surface area (Å²) in [6.45, 7) is 8.27. The van der Waals surface area contributed by atoms with Crippen molar-refractivity contribution < 1.29 is 14.3 Å². The van der Waals surface area contributed by atoms with Crippen molar-refractivity contribution in [2.45, 2.75) is 40.2 Å². The van der Waals surface area contributed by atoms with E-state index in [-0.39, 0.29) is 17.5 Å². The van der Waals surface area contributed by atoms with Gasteiger partial charge in [-0.3, -0.25) is 9.59 Å². The molecule has 0 saturated heterocycles. The van der Waals surface area contributed by atoms with Crippen LogP contribution in [-0.2, 0) is 11.3 Å². The summed E-state index contributed by atoms with van der Waals surface area (Å²) in [6.07, 6.45) is 5.53. The Labute approximate surface area is 195 Å². The fourth-order valence-corrected chi connectivity index (χ4v) is 3.92. The van der Waals surface area contributed by atoms with Gasteiger partial charge >= 0.3 is 0 Å². The molecule has 3 aromatic rings. The first-order chi connectivity index (χ1) is 16.0. The molecule has 33 heavy (non-hydrogen) atoms. The molecule has 6 heteroatoms. The molecule has 1 aromatic heterocycles. The van der Waals surface area contributed by atoms with Gasteiger partial charge in [-0.15, -0.1) is 0 Å². The predicted molar refractivity (Wildman–Crippen MR) is 133 cm³/mol. The van der Waals surface area contributed by atoms with Gasteiger partial charge in [0.25, 0.3) is 11.8 Å². The number of ether oxygens (including phenoxy) is 1. The number of aryl methyl sites for hydroxylation is 1. The fourth-order valence-electron chi connectivity index (χ4n) is 3.92. The number of carbonyl (C=O) groups excluding carboxylic acids is 2. The minimum absolute atomic E-state index is 0.172. The zero-order chi connectivity index (χ0) is 23.8. The number of amides is 2. The van der Waals surface area contributed by atoms with Crippen LogP contribution >= 0.6 is 0 Å². The number of aromatic nitrogens is 1. The van der Waals surface area contributed by atoms with Crippen molar-refractivity contribution in [3.05, 3.63) is 71.6 Å². The highest BCUT2D eigenvalue weighted by Gasteiger charge is 2.21. The van der Waals surface area contributed by atoms with E-state index in [0.29, 0.717) is 24.4 Å². The third-order valence-corrected chi connectivity index (χ3v) is 5.57. The molecule has 2 aromatic carbocycles. The molecule has 1 N–H and O–H groups in total. The van der Waals surface area contributed by atoms with E-state index in [1.165, 1.54) is 0 Å². The second kappa shape index (κ2) is 11.4. The highest BCUT2D eigenvalue weighted by Crippen LogP contribution is 2.24. The quantitative estimate of drug-likeness (QED) is 0.440. The lowest BCUT2D eigenvalue weighted by molar-refractivity contribution is -0.127. The van der Waals surface area contributed by atoms with Crippen LogP contribution in [0.4, 0.5) is 0 Å². The van der Waals surface area contributed by atoms with Gasteiger partial charge in [0.2, 0.25) is 0 Å². The summed E-state index contributed by atoms with van der Waals surface area (Å²) in [7, 11) is 1.58. The van der Waals surface area contributed by atoms with Crippen molar-refractivity contribution >= 4 is 28.8 Å². The molecule has 0 aliphatic carbocycles. The monoisotopic (exact) mass is 447 g/mol. The molecule has 6 nitrogen and oxygen atoms in total. The molecular formula is C27H33N3O3. The Morgan fingerprint density at radius 1 is 1.00 bits per heavy atom. The van der Waals surface area contributed by atoms with Crippen LogP contribution < -0.4 is 10.1 Å². The average Bonchev–Trinajstić information content (AvgIpc) is 3.20. The molecule has 0 bridgehead atoms. The van der Waals surface area contributed by atoms with Crippen molar-refractivity contribution in [1.29, 1.82) is 0 Å². The van der Waals surface area contributed by atoms with Crippen LogP contribution in [0.1, 0.15) is 49.5 Å². The maximum Gasteiger partial charge on any atom is 0.270 e. The molecule has 0 atom stereocenters. The van der Waals surface area contributed by atoms with Crippen molar-refractivity contribution in [3.8, 4) is 5.75 Å². The number of hydrogen-bond acceptors (Lipinski definition) is 3. The molecule has 0 saturated carbocycles. The summed E-state index contributed by atoms with van der Waals surface area (Å²) in [5.74, 6) is 0.168. The average molecular weight is 448 g/mol. The summed E-state index contributed by atoms with van der Waals surface area (Å²) in [5.41, 5.74) is 2.73. The van der Waals surface area contributed by atoms with E-state index in [9.17, 15) is 9.59 Å². The van der Waals surface area contributed by atoms with E-state index in [0.717, 1.165) is 35.9 Å². The third kappa shape index (κ3) is 5.64. The lowest BCUT2D eigenvalue weighted by atomic mass is 10.1. The number of rotatable bonds is 10. The lowest BCUT2D eigenvalue weighted by Crippen LogP contribution is -2.39. The maximum atomic E-state index is 13.5. The van der Waals surface area contributed by atoms with Gasteiger partial charge in [-0.1, -0.05) is 32.0 Å². The first kappa shape index (κ1) is 24.1. The van der Waals surface area contributed by atoms with Crippen LogP contribution in [0.3, 0.4) is 0 Å². The molecule has 0 unspecified atom stereocenters. The highest BCUT2D eigenvalue weighted by atomic mass is 16.5. The normalized spacial score (nSPS) is 11.5. The Bertz CT molecular complexity index is 1120. The zero-order valence-corrected chi connectivity index (χ0v) is 19.9. The molecular weight excluding hydrogens is 414 g/mol. The number of hydrogen-bond donors (Lipinski definition) is 1. The predicted octanol–water partition coefficient (Wildman–Crippen LogP) is 5.09. The standard InChI is InChI=1S/C27H33N3O3/c1-5-16-30(17-6-2)27(32)24(28-26(31)20-12-14-22(33-4)15-13-20)18-21-19-29(7-3)25-11-9-8-10-23(21)25/h8-15,18-19H,5-7,16-17H2,1-4H3,(H,28,31)/b24-18-. The van der Waals surface area contributed by atoms with Crippen molar-refractivity contribution in [1.82, 2.24) is 14.8 Å². The first-order valence-electron chi connectivity index (χ1n) is 11.6. The minimum atomic E-state index is -0.329. The number of para-hydroxylation sites is 1. The van der Waals surface area contributed by atoms with Crippen LogP contribution in [0, 0.1) is 0 Å². The van der Waals surface area contributed by atoms with Crippen molar-refractivity contribution in [3.63, 3.8) is 0 Å². The van der Waals surface area contributed by atoms with Gasteiger partial charge in [-0.2, -0.15) is 0 Å². The molecule has 1 heterocycles. The van der Waals surface area contributed by atoms with Crippen LogP contribution in [0.15, 0.2) is 60.4 Å². The summed E-state index contributed by atoms with van der Waals surface area (Å²) < 4.78 is 7.32. The smallest absolute Gasteiger partial charge is 0.270 e. The fraction of sp³-hybridized carbons (Fsp3) is 0.333. The Hall–Kier alpha value is -3.54. The van der Waals surface area contributed by atoms with E-state index >= 15 is 0 Å². The maximum absolute atomic E-state index is 13.5. The number of carbonyl (C=O) groups is 2. The Kier molecular flexibility index (Phi) is 8.30. The lowest BCUT2D eigenvalue weighted by Gasteiger charge is -2.23. The van der Waals surface area contributed by atoms with E-state index < -0.39 is 0 Å². The van der Waals surface area contributed by atoms with Crippen LogP contribution in [0.5, 0.6) is 5.75 Å². The Morgan fingerprint density at radius 3 is 2.27 bits per heavy atom. The highest BCUT2D eigenvalue weighted by molar-refractivity contribution is 6.06. The van der Waals surface area contributed by atoms with Gasteiger partial charge in [0, 0.05) is 47.9 Å². The van der Waals surface area contributed by atoms with Gasteiger partial charge in [0.05, 0.1) is 7.11 Å². The summed E-state index contributed by atoms with van der Waals surface area (Å²) in [5, 5.41) is 3.93. The van der Waals surface area contributed by atoms with E-state index in [1.54, 1.807) is 42.4 Å². The molecule has 0 radical (unpaired) electrons. The molecule has 2 amide bonds. The molecule has 0 fully saturated rings. The number of fused-ring (bicyclic) bond motifs is 1. The Morgan fingerprint density at radius 2 is 1.67 bits per heavy atom. The van der Waals surface area contributed by atoms with Gasteiger partial charge in [-0.25, -0.2) is 0 Å². The van der Waals surface area contributed by atoms with E-state index in [2.05, 4.69) is 22.9 Å². The summed E-state index contributed by atoms with van der Waals surface area (Å²) in [4.78, 5) is 28.4. The van der Waals surface area contributed by atoms with Gasteiger partial charge in [0.1, 0.15) is 11.4 Å². The molecule has 0 aliphatic heterocycles. The topological polar surface area (TPSA) is 63.6 Å². The SMILES string of the molecule is CCCN(CCC)C(=O)/C(=C/c1cn(CC)c2ccccc12)NC(=O)c1ccc(OC)cc1. The first-order valence-corrected chi connectivity index (χ1v) is 11.6. The van der Waals surface area contributed by atoms with Crippen molar-refractivity contribution in [2.24, 2.45) is 0 Å². The molecule has 174 valence electrons. The Balaban J connectivity index is 2.03.